The Morgan fingerprint density at radius 1 is 1.03 bits per heavy atom. The molecule has 1 N–H and O–H groups in total. The van der Waals surface area contributed by atoms with Crippen molar-refractivity contribution < 1.29 is 27.5 Å². The van der Waals surface area contributed by atoms with Gasteiger partial charge in [0.25, 0.3) is 5.91 Å². The smallest absolute Gasteiger partial charge is 0.416 e. The first-order valence-corrected chi connectivity index (χ1v) is 11.0. The third-order valence-corrected chi connectivity index (χ3v) is 5.45. The number of anilines is 1. The van der Waals surface area contributed by atoms with Crippen molar-refractivity contribution in [3.8, 4) is 5.75 Å². The van der Waals surface area contributed by atoms with Crippen LogP contribution >= 0.6 is 0 Å². The Kier molecular flexibility index (Phi) is 8.19. The zero-order valence-corrected chi connectivity index (χ0v) is 18.5. The summed E-state index contributed by atoms with van der Waals surface area (Å²) < 4.78 is 44.4. The van der Waals surface area contributed by atoms with E-state index in [0.29, 0.717) is 49.8 Å². The van der Waals surface area contributed by atoms with Gasteiger partial charge in [-0.2, -0.15) is 13.2 Å². The number of carbonyl (C=O) groups excluding carboxylic acids is 2. The van der Waals surface area contributed by atoms with Gasteiger partial charge in [0.15, 0.2) is 0 Å². The van der Waals surface area contributed by atoms with Crippen LogP contribution in [0.25, 0.3) is 0 Å². The lowest BCUT2D eigenvalue weighted by atomic mass is 10.1. The third-order valence-electron chi connectivity index (χ3n) is 5.45. The second-order valence-corrected chi connectivity index (χ2v) is 7.82. The van der Waals surface area contributed by atoms with Gasteiger partial charge in [0.1, 0.15) is 5.75 Å². The molecule has 1 fully saturated rings. The maximum Gasteiger partial charge on any atom is 0.416 e. The van der Waals surface area contributed by atoms with Crippen LogP contribution < -0.4 is 15.0 Å². The summed E-state index contributed by atoms with van der Waals surface area (Å²) in [6, 6.07) is 11.9. The van der Waals surface area contributed by atoms with Crippen LogP contribution in [0.5, 0.6) is 5.75 Å². The molecule has 0 saturated carbocycles. The van der Waals surface area contributed by atoms with Gasteiger partial charge < -0.3 is 19.9 Å². The molecule has 0 spiro atoms. The number of halogens is 3. The molecule has 33 heavy (non-hydrogen) atoms. The first-order chi connectivity index (χ1) is 15.8. The zero-order valence-electron chi connectivity index (χ0n) is 18.5. The summed E-state index contributed by atoms with van der Waals surface area (Å²) in [7, 11) is 0. The minimum atomic E-state index is -4.39. The first kappa shape index (κ1) is 24.4. The second-order valence-electron chi connectivity index (χ2n) is 7.82. The fraction of sp³-hybridized carbons (Fsp3) is 0.417. The van der Waals surface area contributed by atoms with Gasteiger partial charge in [0.2, 0.25) is 5.91 Å². The summed E-state index contributed by atoms with van der Waals surface area (Å²) >= 11 is 0. The number of hydrogen-bond acceptors (Lipinski definition) is 4. The predicted molar refractivity (Wildman–Crippen MR) is 119 cm³/mol. The maximum absolute atomic E-state index is 12.9. The summed E-state index contributed by atoms with van der Waals surface area (Å²) in [6.07, 6.45) is -2.40. The van der Waals surface area contributed by atoms with E-state index >= 15 is 0 Å². The number of benzene rings is 2. The van der Waals surface area contributed by atoms with E-state index in [1.807, 2.05) is 4.90 Å². The first-order valence-electron chi connectivity index (χ1n) is 11.0. The SMILES string of the molecule is CCCCOc1ccc(C(=O)NCC(=O)N2CCN(c3cccc(C(F)(F)F)c3)CC2)cc1. The minimum Gasteiger partial charge on any atom is -0.494 e. The van der Waals surface area contributed by atoms with Crippen molar-refractivity contribution in [3.63, 3.8) is 0 Å². The molecule has 2 amide bonds. The van der Waals surface area contributed by atoms with Crippen LogP contribution in [0.1, 0.15) is 35.7 Å². The van der Waals surface area contributed by atoms with Crippen molar-refractivity contribution >= 4 is 17.5 Å². The van der Waals surface area contributed by atoms with Crippen LogP contribution in [0.2, 0.25) is 0 Å². The fourth-order valence-electron chi connectivity index (χ4n) is 3.50. The number of nitrogens with one attached hydrogen (secondary N) is 1. The summed E-state index contributed by atoms with van der Waals surface area (Å²) in [5, 5.41) is 2.63. The summed E-state index contributed by atoms with van der Waals surface area (Å²) in [5.74, 6) is 0.104. The van der Waals surface area contributed by atoms with Crippen molar-refractivity contribution in [3.05, 3.63) is 59.7 Å². The third kappa shape index (κ3) is 6.87. The highest BCUT2D eigenvalue weighted by atomic mass is 19.4. The molecule has 1 saturated heterocycles. The molecule has 0 aliphatic carbocycles. The lowest BCUT2D eigenvalue weighted by Crippen LogP contribution is -2.51. The van der Waals surface area contributed by atoms with Crippen LogP contribution in [0.4, 0.5) is 18.9 Å². The van der Waals surface area contributed by atoms with Gasteiger partial charge in [-0.15, -0.1) is 0 Å². The average molecular weight is 464 g/mol. The number of rotatable bonds is 8. The van der Waals surface area contributed by atoms with Crippen molar-refractivity contribution in [2.75, 3.05) is 44.2 Å². The molecule has 1 heterocycles. The van der Waals surface area contributed by atoms with Gasteiger partial charge in [-0.3, -0.25) is 9.59 Å². The van der Waals surface area contributed by atoms with Crippen molar-refractivity contribution in [2.24, 2.45) is 0 Å². The molecule has 3 rings (SSSR count). The summed E-state index contributed by atoms with van der Waals surface area (Å²) in [6.45, 7) is 4.13. The molecule has 9 heteroatoms. The number of piperazine rings is 1. The van der Waals surface area contributed by atoms with Gasteiger partial charge in [0.05, 0.1) is 18.7 Å². The van der Waals surface area contributed by atoms with Crippen LogP contribution in [-0.4, -0.2) is 56.0 Å². The number of unbranched alkanes of at least 4 members (excludes halogenated alkanes) is 1. The van der Waals surface area contributed by atoms with Crippen LogP contribution in [0, 0.1) is 0 Å². The van der Waals surface area contributed by atoms with Crippen molar-refractivity contribution in [1.82, 2.24) is 10.2 Å². The topological polar surface area (TPSA) is 61.9 Å². The highest BCUT2D eigenvalue weighted by Gasteiger charge is 2.31. The van der Waals surface area contributed by atoms with Crippen LogP contribution in [0.15, 0.2) is 48.5 Å². The van der Waals surface area contributed by atoms with E-state index in [4.69, 9.17) is 4.74 Å². The highest BCUT2D eigenvalue weighted by Crippen LogP contribution is 2.31. The molecule has 2 aromatic rings. The number of nitrogens with zero attached hydrogens (tertiary/aromatic N) is 2. The monoisotopic (exact) mass is 463 g/mol. The zero-order chi connectivity index (χ0) is 23.8. The maximum atomic E-state index is 12.9. The van der Waals surface area contributed by atoms with Crippen molar-refractivity contribution in [2.45, 2.75) is 25.9 Å². The van der Waals surface area contributed by atoms with Gasteiger partial charge in [-0.25, -0.2) is 0 Å². The second kappa shape index (κ2) is 11.1. The number of alkyl halides is 3. The molecule has 0 aromatic heterocycles. The molecule has 0 radical (unpaired) electrons. The summed E-state index contributed by atoms with van der Waals surface area (Å²) in [4.78, 5) is 28.2. The largest absolute Gasteiger partial charge is 0.494 e. The number of ether oxygens (including phenoxy) is 1. The van der Waals surface area contributed by atoms with E-state index < -0.39 is 11.7 Å². The highest BCUT2D eigenvalue weighted by molar-refractivity contribution is 5.96. The van der Waals surface area contributed by atoms with E-state index in [1.165, 1.54) is 6.07 Å². The standard InChI is InChI=1S/C24H28F3N3O3/c1-2-3-15-33-21-9-7-18(8-10-21)23(32)28-17-22(31)30-13-11-29(12-14-30)20-6-4-5-19(16-20)24(25,26)27/h4-10,16H,2-3,11-15,17H2,1H3,(H,28,32). The average Bonchev–Trinajstić information content (AvgIpc) is 2.82. The molecule has 0 bridgehead atoms. The number of carbonyl (C=O) groups is 2. The minimum absolute atomic E-state index is 0.142. The van der Waals surface area contributed by atoms with E-state index in [2.05, 4.69) is 12.2 Å². The molecule has 178 valence electrons. The Labute approximate surface area is 191 Å². The normalized spacial score (nSPS) is 14.2. The van der Waals surface area contributed by atoms with Gasteiger partial charge in [-0.05, 0) is 48.9 Å². The lowest BCUT2D eigenvalue weighted by Gasteiger charge is -2.36. The number of amides is 2. The molecule has 0 atom stereocenters. The molecule has 2 aromatic carbocycles. The predicted octanol–water partition coefficient (Wildman–Crippen LogP) is 3.96. The molecule has 1 aliphatic rings. The molecular formula is C24H28F3N3O3. The molecule has 6 nitrogen and oxygen atoms in total. The Morgan fingerprint density at radius 2 is 1.73 bits per heavy atom. The van der Waals surface area contributed by atoms with Gasteiger partial charge in [0, 0.05) is 37.4 Å². The van der Waals surface area contributed by atoms with E-state index in [0.717, 1.165) is 25.0 Å². The van der Waals surface area contributed by atoms with Crippen LogP contribution in [0.3, 0.4) is 0 Å². The van der Waals surface area contributed by atoms with Gasteiger partial charge >= 0.3 is 6.18 Å². The van der Waals surface area contributed by atoms with Crippen molar-refractivity contribution in [1.29, 1.82) is 0 Å². The van der Waals surface area contributed by atoms with E-state index in [9.17, 15) is 22.8 Å². The fourth-order valence-corrected chi connectivity index (χ4v) is 3.50. The Balaban J connectivity index is 1.45. The van der Waals surface area contributed by atoms with Crippen LogP contribution in [-0.2, 0) is 11.0 Å². The molecule has 0 unspecified atom stereocenters. The summed E-state index contributed by atoms with van der Waals surface area (Å²) in [5.41, 5.74) is 0.217. The van der Waals surface area contributed by atoms with E-state index in [-0.39, 0.29) is 18.4 Å². The number of hydrogen-bond donors (Lipinski definition) is 1. The van der Waals surface area contributed by atoms with Gasteiger partial charge in [-0.1, -0.05) is 19.4 Å². The Bertz CT molecular complexity index is 940. The lowest BCUT2D eigenvalue weighted by molar-refractivity contribution is -0.137. The molecule has 1 aliphatic heterocycles. The van der Waals surface area contributed by atoms with E-state index in [1.54, 1.807) is 35.2 Å². The quantitative estimate of drug-likeness (QED) is 0.602. The Hall–Kier alpha value is -3.23. The Morgan fingerprint density at radius 3 is 2.36 bits per heavy atom. The molecular weight excluding hydrogens is 435 g/mol.